The Hall–Kier alpha value is -3.03. The lowest BCUT2D eigenvalue weighted by atomic mass is 10.2. The zero-order valence-corrected chi connectivity index (χ0v) is 12.3. The monoisotopic (exact) mass is 314 g/mol. The van der Waals surface area contributed by atoms with E-state index in [2.05, 4.69) is 0 Å². The number of hydrogen-bond donors (Lipinski definition) is 0. The molecule has 7 heteroatoms. The first-order valence-electron chi connectivity index (χ1n) is 6.03. The van der Waals surface area contributed by atoms with Crippen molar-refractivity contribution >= 4 is 10.1 Å². The van der Waals surface area contributed by atoms with Crippen LogP contribution < -0.4 is 8.92 Å². The zero-order chi connectivity index (χ0) is 16.2. The molecule has 0 heterocycles. The van der Waals surface area contributed by atoms with Gasteiger partial charge in [-0.25, -0.2) is 0 Å². The molecule has 0 aromatic heterocycles. The predicted octanol–water partition coefficient (Wildman–Crippen LogP) is 2.21. The molecule has 0 N–H and O–H groups in total. The Kier molecular flexibility index (Phi) is 4.31. The van der Waals surface area contributed by atoms with E-state index >= 15 is 0 Å². The Bertz CT molecular complexity index is 892. The summed E-state index contributed by atoms with van der Waals surface area (Å²) >= 11 is 0. The molecule has 0 unspecified atom stereocenters. The lowest BCUT2D eigenvalue weighted by Gasteiger charge is -2.11. The highest BCUT2D eigenvalue weighted by atomic mass is 32.2. The van der Waals surface area contributed by atoms with E-state index in [1.165, 1.54) is 49.6 Å². The first-order chi connectivity index (χ1) is 10.5. The second kappa shape index (κ2) is 6.17. The van der Waals surface area contributed by atoms with Crippen LogP contribution in [0.3, 0.4) is 0 Å². The van der Waals surface area contributed by atoms with Crippen LogP contribution in [0.5, 0.6) is 11.5 Å². The Labute approximate surface area is 127 Å². The minimum absolute atomic E-state index is 0.0381. The molecule has 0 saturated carbocycles. The molecule has 0 aliphatic heterocycles. The summed E-state index contributed by atoms with van der Waals surface area (Å²) < 4.78 is 34.5. The van der Waals surface area contributed by atoms with E-state index in [9.17, 15) is 8.42 Å². The third-order valence-electron chi connectivity index (χ3n) is 2.74. The van der Waals surface area contributed by atoms with Crippen molar-refractivity contribution in [3.8, 4) is 23.6 Å². The van der Waals surface area contributed by atoms with Gasteiger partial charge in [0.05, 0.1) is 30.4 Å². The molecule has 0 bridgehead atoms. The summed E-state index contributed by atoms with van der Waals surface area (Å²) in [4.78, 5) is -0.141. The van der Waals surface area contributed by atoms with Gasteiger partial charge in [-0.2, -0.15) is 18.9 Å². The molecule has 0 fully saturated rings. The minimum Gasteiger partial charge on any atom is -0.493 e. The third kappa shape index (κ3) is 3.17. The lowest BCUT2D eigenvalue weighted by molar-refractivity contribution is 0.390. The molecular formula is C15H10N2O4S. The number of methoxy groups -OCH3 is 1. The van der Waals surface area contributed by atoms with Crippen molar-refractivity contribution in [2.75, 3.05) is 7.11 Å². The Balaban J connectivity index is 2.41. The molecule has 0 radical (unpaired) electrons. The maximum Gasteiger partial charge on any atom is 0.339 e. The molecular weight excluding hydrogens is 304 g/mol. The average Bonchev–Trinajstić information content (AvgIpc) is 2.55. The second-order valence-corrected chi connectivity index (χ2v) is 5.70. The van der Waals surface area contributed by atoms with Crippen LogP contribution in [0.4, 0.5) is 0 Å². The van der Waals surface area contributed by atoms with Crippen LogP contribution in [0.1, 0.15) is 11.1 Å². The first-order valence-corrected chi connectivity index (χ1v) is 7.44. The second-order valence-electron chi connectivity index (χ2n) is 4.15. The highest BCUT2D eigenvalue weighted by Gasteiger charge is 2.19. The molecule has 0 aliphatic rings. The normalized spacial score (nSPS) is 10.3. The number of nitriles is 2. The fourth-order valence-corrected chi connectivity index (χ4v) is 2.68. The van der Waals surface area contributed by atoms with Gasteiger partial charge in [-0.05, 0) is 30.3 Å². The molecule has 2 rings (SSSR count). The van der Waals surface area contributed by atoms with E-state index in [-0.39, 0.29) is 22.0 Å². The topological polar surface area (TPSA) is 100 Å². The molecule has 2 aromatic carbocycles. The number of benzene rings is 2. The fourth-order valence-electron chi connectivity index (χ4n) is 1.69. The van der Waals surface area contributed by atoms with Crippen LogP contribution in [-0.2, 0) is 10.1 Å². The Morgan fingerprint density at radius 3 is 2.27 bits per heavy atom. The molecule has 2 aromatic rings. The van der Waals surface area contributed by atoms with Crippen LogP contribution in [0, 0.1) is 22.7 Å². The Morgan fingerprint density at radius 2 is 1.64 bits per heavy atom. The van der Waals surface area contributed by atoms with E-state index in [1.54, 1.807) is 0 Å². The van der Waals surface area contributed by atoms with E-state index in [1.807, 2.05) is 12.1 Å². The van der Waals surface area contributed by atoms with Crippen molar-refractivity contribution in [2.24, 2.45) is 0 Å². The molecule has 110 valence electrons. The number of nitrogens with zero attached hydrogens (tertiary/aromatic N) is 2. The summed E-state index contributed by atoms with van der Waals surface area (Å²) in [6.07, 6.45) is 0. The summed E-state index contributed by atoms with van der Waals surface area (Å²) in [7, 11) is -2.77. The number of ether oxygens (including phenoxy) is 1. The standard InChI is InChI=1S/C15H10N2O4S/c1-20-15-8-12(10-17)5-6-14(15)21-22(18,19)13-4-2-3-11(7-13)9-16/h2-8H,1H3. The average molecular weight is 314 g/mol. The molecule has 0 spiro atoms. The van der Waals surface area contributed by atoms with Gasteiger partial charge in [-0.1, -0.05) is 6.07 Å². The van der Waals surface area contributed by atoms with E-state index in [0.717, 1.165) is 0 Å². The van der Waals surface area contributed by atoms with Crippen molar-refractivity contribution < 1.29 is 17.3 Å². The highest BCUT2D eigenvalue weighted by Crippen LogP contribution is 2.30. The summed E-state index contributed by atoms with van der Waals surface area (Å²) in [6, 6.07) is 13.4. The van der Waals surface area contributed by atoms with Crippen LogP contribution >= 0.6 is 0 Å². The van der Waals surface area contributed by atoms with Crippen LogP contribution in [0.25, 0.3) is 0 Å². The number of hydrogen-bond acceptors (Lipinski definition) is 6. The largest absolute Gasteiger partial charge is 0.493 e. The van der Waals surface area contributed by atoms with Gasteiger partial charge in [0.1, 0.15) is 4.90 Å². The van der Waals surface area contributed by atoms with Gasteiger partial charge in [0, 0.05) is 6.07 Å². The number of rotatable bonds is 4. The molecule has 0 atom stereocenters. The van der Waals surface area contributed by atoms with Crippen molar-refractivity contribution in [3.05, 3.63) is 53.6 Å². The fraction of sp³-hybridized carbons (Fsp3) is 0.0667. The van der Waals surface area contributed by atoms with Gasteiger partial charge in [0.15, 0.2) is 11.5 Å². The van der Waals surface area contributed by atoms with Crippen molar-refractivity contribution in [3.63, 3.8) is 0 Å². The highest BCUT2D eigenvalue weighted by molar-refractivity contribution is 7.87. The van der Waals surface area contributed by atoms with Gasteiger partial charge in [-0.15, -0.1) is 0 Å². The van der Waals surface area contributed by atoms with Gasteiger partial charge < -0.3 is 8.92 Å². The maximum absolute atomic E-state index is 12.2. The molecule has 0 amide bonds. The first kappa shape index (κ1) is 15.4. The van der Waals surface area contributed by atoms with Gasteiger partial charge in [0.25, 0.3) is 0 Å². The molecule has 6 nitrogen and oxygen atoms in total. The molecule has 0 saturated heterocycles. The van der Waals surface area contributed by atoms with E-state index in [4.69, 9.17) is 19.4 Å². The van der Waals surface area contributed by atoms with Crippen molar-refractivity contribution in [2.45, 2.75) is 4.90 Å². The van der Waals surface area contributed by atoms with E-state index < -0.39 is 10.1 Å². The summed E-state index contributed by atoms with van der Waals surface area (Å²) in [5.41, 5.74) is 0.518. The van der Waals surface area contributed by atoms with Crippen molar-refractivity contribution in [1.82, 2.24) is 0 Å². The molecule has 0 aliphatic carbocycles. The van der Waals surface area contributed by atoms with Gasteiger partial charge >= 0.3 is 10.1 Å². The van der Waals surface area contributed by atoms with Crippen LogP contribution in [0.2, 0.25) is 0 Å². The quantitative estimate of drug-likeness (QED) is 0.802. The summed E-state index contributed by atoms with van der Waals surface area (Å²) in [6.45, 7) is 0. The molecule has 22 heavy (non-hydrogen) atoms. The maximum atomic E-state index is 12.2. The SMILES string of the molecule is COc1cc(C#N)ccc1OS(=O)(=O)c1cccc(C#N)c1. The van der Waals surface area contributed by atoms with Crippen LogP contribution in [0.15, 0.2) is 47.4 Å². The van der Waals surface area contributed by atoms with Gasteiger partial charge in [0.2, 0.25) is 0 Å². The van der Waals surface area contributed by atoms with Crippen LogP contribution in [-0.4, -0.2) is 15.5 Å². The smallest absolute Gasteiger partial charge is 0.339 e. The summed E-state index contributed by atoms with van der Waals surface area (Å²) in [5.74, 6) is 0.0860. The van der Waals surface area contributed by atoms with E-state index in [0.29, 0.717) is 5.56 Å². The third-order valence-corrected chi connectivity index (χ3v) is 3.97. The van der Waals surface area contributed by atoms with Crippen molar-refractivity contribution in [1.29, 1.82) is 10.5 Å². The Morgan fingerprint density at radius 1 is 0.955 bits per heavy atom. The summed E-state index contributed by atoms with van der Waals surface area (Å²) in [5, 5.41) is 17.6. The predicted molar refractivity (Wildman–Crippen MR) is 76.7 cm³/mol. The minimum atomic E-state index is -4.11. The van der Waals surface area contributed by atoms with Gasteiger partial charge in [-0.3, -0.25) is 0 Å². The lowest BCUT2D eigenvalue weighted by Crippen LogP contribution is -2.10. The zero-order valence-electron chi connectivity index (χ0n) is 11.5.